The van der Waals surface area contributed by atoms with E-state index in [1.54, 1.807) is 12.3 Å². The minimum Gasteiger partial charge on any atom is -0.431 e. The molecule has 0 aromatic carbocycles. The third kappa shape index (κ3) is 2.90. The first kappa shape index (κ1) is 21.4. The van der Waals surface area contributed by atoms with Crippen molar-refractivity contribution in [1.29, 1.82) is 0 Å². The number of likely N-dealkylation sites (tertiary alicyclic amines) is 1. The predicted molar refractivity (Wildman–Crippen MR) is 126 cm³/mol. The van der Waals surface area contributed by atoms with Gasteiger partial charge >= 0.3 is 5.63 Å². The predicted octanol–water partition coefficient (Wildman–Crippen LogP) is 5.35. The van der Waals surface area contributed by atoms with Crippen molar-refractivity contribution in [2.24, 2.45) is 28.6 Å². The molecule has 5 aliphatic rings. The average Bonchev–Trinajstić information content (AvgIpc) is 3.41. The van der Waals surface area contributed by atoms with Crippen molar-refractivity contribution in [3.63, 3.8) is 0 Å². The van der Waals surface area contributed by atoms with Gasteiger partial charge in [-0.15, -0.1) is 0 Å². The van der Waals surface area contributed by atoms with Crippen LogP contribution in [0.25, 0.3) is 0 Å². The quantitative estimate of drug-likeness (QED) is 0.675. The zero-order valence-corrected chi connectivity index (χ0v) is 20.0. The van der Waals surface area contributed by atoms with Crippen molar-refractivity contribution in [1.82, 2.24) is 4.90 Å². The summed E-state index contributed by atoms with van der Waals surface area (Å²) in [5.74, 6) is 2.20. The lowest BCUT2D eigenvalue weighted by molar-refractivity contribution is -0.203. The molecular weight excluding hydrogens is 398 g/mol. The van der Waals surface area contributed by atoms with Gasteiger partial charge in [-0.05, 0) is 124 Å². The van der Waals surface area contributed by atoms with Crippen LogP contribution in [-0.2, 0) is 0 Å². The topological polar surface area (TPSA) is 53.7 Å². The van der Waals surface area contributed by atoms with Crippen molar-refractivity contribution in [2.45, 2.75) is 102 Å². The number of fused-ring (bicyclic) bond motifs is 5. The summed E-state index contributed by atoms with van der Waals surface area (Å²) in [6, 6.07) is 4.30. The SMILES string of the molecule is CC12CCC(N3CCCC3)CC1CCC1C2CCC2(C)C(c3ccc(=O)oc3)CCC12O. The van der Waals surface area contributed by atoms with Crippen LogP contribution in [0.5, 0.6) is 0 Å². The minimum absolute atomic E-state index is 0.121. The Bertz CT molecular complexity index is 901. The molecule has 4 saturated carbocycles. The third-order valence-electron chi connectivity index (χ3n) is 11.6. The van der Waals surface area contributed by atoms with E-state index in [-0.39, 0.29) is 17.0 Å². The van der Waals surface area contributed by atoms with Gasteiger partial charge in [0, 0.05) is 17.5 Å². The Balaban J connectivity index is 1.26. The Kier molecular flexibility index (Phi) is 4.97. The van der Waals surface area contributed by atoms with Crippen LogP contribution < -0.4 is 5.63 Å². The summed E-state index contributed by atoms with van der Waals surface area (Å²) < 4.78 is 5.23. The first-order chi connectivity index (χ1) is 15.3. The van der Waals surface area contributed by atoms with E-state index in [4.69, 9.17) is 4.42 Å². The highest BCUT2D eigenvalue weighted by molar-refractivity contribution is 5.27. The van der Waals surface area contributed by atoms with E-state index in [9.17, 15) is 9.90 Å². The lowest BCUT2D eigenvalue weighted by Gasteiger charge is -2.64. The highest BCUT2D eigenvalue weighted by atomic mass is 16.4. The maximum atomic E-state index is 12.4. The van der Waals surface area contributed by atoms with Crippen molar-refractivity contribution >= 4 is 0 Å². The number of aliphatic hydroxyl groups is 1. The van der Waals surface area contributed by atoms with E-state index >= 15 is 0 Å². The maximum Gasteiger partial charge on any atom is 0.335 e. The smallest absolute Gasteiger partial charge is 0.335 e. The summed E-state index contributed by atoms with van der Waals surface area (Å²) in [6.07, 6.45) is 15.3. The highest BCUT2D eigenvalue weighted by Crippen LogP contribution is 2.70. The second-order valence-electron chi connectivity index (χ2n) is 12.5. The Morgan fingerprint density at radius 1 is 0.969 bits per heavy atom. The van der Waals surface area contributed by atoms with Crippen LogP contribution in [0.2, 0.25) is 0 Å². The lowest BCUT2D eigenvalue weighted by atomic mass is 9.43. The fourth-order valence-electron chi connectivity index (χ4n) is 9.74. The van der Waals surface area contributed by atoms with Crippen molar-refractivity contribution in [3.8, 4) is 0 Å². The van der Waals surface area contributed by atoms with Gasteiger partial charge in [0.05, 0.1) is 11.9 Å². The van der Waals surface area contributed by atoms with Gasteiger partial charge in [-0.1, -0.05) is 13.8 Å². The summed E-state index contributed by atoms with van der Waals surface area (Å²) >= 11 is 0. The second-order valence-corrected chi connectivity index (χ2v) is 12.5. The Morgan fingerprint density at radius 2 is 1.78 bits per heavy atom. The van der Waals surface area contributed by atoms with E-state index in [0.717, 1.165) is 36.8 Å². The maximum absolute atomic E-state index is 12.4. The van der Waals surface area contributed by atoms with E-state index in [0.29, 0.717) is 17.3 Å². The molecule has 6 rings (SSSR count). The monoisotopic (exact) mass is 439 g/mol. The molecule has 1 aromatic heterocycles. The van der Waals surface area contributed by atoms with E-state index in [1.807, 2.05) is 6.07 Å². The molecule has 4 nitrogen and oxygen atoms in total. The van der Waals surface area contributed by atoms with Crippen LogP contribution in [0, 0.1) is 28.6 Å². The van der Waals surface area contributed by atoms with Crippen LogP contribution in [0.1, 0.15) is 96.0 Å². The van der Waals surface area contributed by atoms with Crippen LogP contribution >= 0.6 is 0 Å². The molecule has 0 spiro atoms. The lowest BCUT2D eigenvalue weighted by Crippen LogP contribution is -2.62. The first-order valence-electron chi connectivity index (χ1n) is 13.4. The molecule has 1 aromatic rings. The zero-order valence-electron chi connectivity index (χ0n) is 20.0. The van der Waals surface area contributed by atoms with Gasteiger partial charge in [-0.3, -0.25) is 0 Å². The number of hydrogen-bond donors (Lipinski definition) is 1. The first-order valence-corrected chi connectivity index (χ1v) is 13.4. The molecule has 2 heterocycles. The van der Waals surface area contributed by atoms with Crippen molar-refractivity contribution in [2.75, 3.05) is 13.1 Å². The van der Waals surface area contributed by atoms with Crippen molar-refractivity contribution in [3.05, 3.63) is 34.4 Å². The average molecular weight is 440 g/mol. The molecule has 0 amide bonds. The molecule has 4 heteroatoms. The molecule has 5 fully saturated rings. The van der Waals surface area contributed by atoms with Gasteiger partial charge in [0.1, 0.15) is 0 Å². The molecule has 0 bridgehead atoms. The third-order valence-corrected chi connectivity index (χ3v) is 11.6. The minimum atomic E-state index is -0.587. The molecule has 0 radical (unpaired) electrons. The van der Waals surface area contributed by atoms with Crippen LogP contribution in [0.3, 0.4) is 0 Å². The Labute approximate surface area is 192 Å². The molecule has 4 aliphatic carbocycles. The molecular formula is C28H41NO3. The fraction of sp³-hybridized carbons (Fsp3) is 0.821. The van der Waals surface area contributed by atoms with Crippen molar-refractivity contribution < 1.29 is 9.52 Å². The molecule has 8 atom stereocenters. The summed E-state index contributed by atoms with van der Waals surface area (Å²) in [4.78, 5) is 14.3. The van der Waals surface area contributed by atoms with E-state index < -0.39 is 5.60 Å². The summed E-state index contributed by atoms with van der Waals surface area (Å²) in [7, 11) is 0. The number of nitrogens with zero attached hydrogens (tertiary/aromatic N) is 1. The molecule has 1 aliphatic heterocycles. The van der Waals surface area contributed by atoms with Gasteiger partial charge < -0.3 is 14.4 Å². The van der Waals surface area contributed by atoms with Crippen LogP contribution in [-0.4, -0.2) is 34.7 Å². The van der Waals surface area contributed by atoms with Gasteiger partial charge in [-0.2, -0.15) is 0 Å². The summed E-state index contributed by atoms with van der Waals surface area (Å²) in [5.41, 5.74) is 0.508. The molecule has 176 valence electrons. The van der Waals surface area contributed by atoms with Gasteiger partial charge in [0.25, 0.3) is 0 Å². The highest BCUT2D eigenvalue weighted by Gasteiger charge is 2.67. The molecule has 32 heavy (non-hydrogen) atoms. The Hall–Kier alpha value is -1.13. The fourth-order valence-corrected chi connectivity index (χ4v) is 9.74. The largest absolute Gasteiger partial charge is 0.431 e. The molecule has 1 saturated heterocycles. The van der Waals surface area contributed by atoms with E-state index in [1.165, 1.54) is 64.5 Å². The van der Waals surface area contributed by atoms with Gasteiger partial charge in [0.2, 0.25) is 0 Å². The zero-order chi connectivity index (χ0) is 22.1. The van der Waals surface area contributed by atoms with E-state index in [2.05, 4.69) is 18.7 Å². The normalized spacial score (nSPS) is 48.8. The summed E-state index contributed by atoms with van der Waals surface area (Å²) in [5, 5.41) is 12.4. The molecule has 8 unspecified atom stereocenters. The van der Waals surface area contributed by atoms with Gasteiger partial charge in [-0.25, -0.2) is 4.79 Å². The summed E-state index contributed by atoms with van der Waals surface area (Å²) in [6.45, 7) is 7.57. The van der Waals surface area contributed by atoms with Gasteiger partial charge in [0.15, 0.2) is 0 Å². The van der Waals surface area contributed by atoms with Crippen LogP contribution in [0.15, 0.2) is 27.6 Å². The molecule has 1 N–H and O–H groups in total. The number of rotatable bonds is 2. The van der Waals surface area contributed by atoms with Crippen LogP contribution in [0.4, 0.5) is 0 Å². The number of hydrogen-bond acceptors (Lipinski definition) is 4. The Morgan fingerprint density at radius 3 is 2.53 bits per heavy atom. The second kappa shape index (κ2) is 7.43. The standard InChI is InChI=1S/C28H41NO3/c1-26-12-9-21(29-15-3-4-16-29)17-20(26)6-7-24-23(26)10-13-27(2)22(11-14-28(24,27)31)19-5-8-25(30)32-18-19/h5,8,18,20-24,31H,3-4,6-7,9-17H2,1-2H3.